The molecule has 0 fully saturated rings. The Hall–Kier alpha value is -1.75. The van der Waals surface area contributed by atoms with Crippen LogP contribution in [0.1, 0.15) is 0 Å². The summed E-state index contributed by atoms with van der Waals surface area (Å²) in [6, 6.07) is 11.3. The summed E-state index contributed by atoms with van der Waals surface area (Å²) in [5.41, 5.74) is 0.887. The molecule has 0 saturated carbocycles. The van der Waals surface area contributed by atoms with Crippen molar-refractivity contribution < 1.29 is 9.47 Å². The van der Waals surface area contributed by atoms with E-state index >= 15 is 0 Å². The molecule has 0 unspecified atom stereocenters. The molecule has 1 aromatic carbocycles. The van der Waals surface area contributed by atoms with Crippen LogP contribution in [0.25, 0.3) is 0 Å². The highest BCUT2D eigenvalue weighted by molar-refractivity contribution is 9.10. The minimum Gasteiger partial charge on any atom is -0.493 e. The van der Waals surface area contributed by atoms with E-state index in [9.17, 15) is 0 Å². The van der Waals surface area contributed by atoms with Gasteiger partial charge >= 0.3 is 0 Å². The quantitative estimate of drug-likeness (QED) is 0.876. The number of nitrogens with zero attached hydrogens (tertiary/aromatic N) is 1. The minimum absolute atomic E-state index is 0.678. The predicted octanol–water partition coefficient (Wildman–Crippen LogP) is 3.60. The van der Waals surface area contributed by atoms with Crippen LogP contribution < -0.4 is 14.8 Å². The third kappa shape index (κ3) is 2.92. The number of hydrogen-bond acceptors (Lipinski definition) is 4. The average molecular weight is 309 g/mol. The Kier molecular flexibility index (Phi) is 4.04. The number of aromatic nitrogens is 1. The van der Waals surface area contributed by atoms with Gasteiger partial charge in [-0.2, -0.15) is 0 Å². The van der Waals surface area contributed by atoms with Crippen molar-refractivity contribution in [1.29, 1.82) is 0 Å². The van der Waals surface area contributed by atoms with Crippen LogP contribution in [0.3, 0.4) is 0 Å². The SMILES string of the molecule is COc1ccc(Nc2cccc(Br)n2)cc1OC. The van der Waals surface area contributed by atoms with Gasteiger partial charge in [0.25, 0.3) is 0 Å². The van der Waals surface area contributed by atoms with Gasteiger partial charge in [-0.05, 0) is 40.2 Å². The summed E-state index contributed by atoms with van der Waals surface area (Å²) in [6.07, 6.45) is 0. The van der Waals surface area contributed by atoms with Crippen molar-refractivity contribution in [2.45, 2.75) is 0 Å². The van der Waals surface area contributed by atoms with Crippen LogP contribution >= 0.6 is 15.9 Å². The monoisotopic (exact) mass is 308 g/mol. The molecule has 0 radical (unpaired) electrons. The Morgan fingerprint density at radius 1 is 1.06 bits per heavy atom. The Morgan fingerprint density at radius 2 is 1.83 bits per heavy atom. The summed E-state index contributed by atoms with van der Waals surface area (Å²) in [5.74, 6) is 2.14. The van der Waals surface area contributed by atoms with Gasteiger partial charge in [0.1, 0.15) is 10.4 Å². The standard InChI is InChI=1S/C13H13BrN2O2/c1-17-10-7-6-9(8-11(10)18-2)15-13-5-3-4-12(14)16-13/h3-8H,1-2H3,(H,15,16). The number of halogens is 1. The molecule has 4 nitrogen and oxygen atoms in total. The largest absolute Gasteiger partial charge is 0.493 e. The number of nitrogens with one attached hydrogen (secondary N) is 1. The van der Waals surface area contributed by atoms with Gasteiger partial charge in [-0.15, -0.1) is 0 Å². The first-order valence-electron chi connectivity index (χ1n) is 5.34. The van der Waals surface area contributed by atoms with Crippen LogP contribution in [0.15, 0.2) is 41.0 Å². The van der Waals surface area contributed by atoms with Gasteiger partial charge in [0, 0.05) is 11.8 Å². The van der Waals surface area contributed by atoms with Gasteiger partial charge in [0.15, 0.2) is 11.5 Å². The first kappa shape index (κ1) is 12.7. The molecule has 0 aliphatic rings. The average Bonchev–Trinajstić information content (AvgIpc) is 2.38. The van der Waals surface area contributed by atoms with Crippen LogP contribution in [0.4, 0.5) is 11.5 Å². The molecule has 0 spiro atoms. The van der Waals surface area contributed by atoms with Crippen molar-refractivity contribution in [3.63, 3.8) is 0 Å². The Morgan fingerprint density at radius 3 is 2.50 bits per heavy atom. The maximum absolute atomic E-state index is 5.24. The van der Waals surface area contributed by atoms with Crippen LogP contribution in [-0.2, 0) is 0 Å². The fraction of sp³-hybridized carbons (Fsp3) is 0.154. The zero-order valence-electron chi connectivity index (χ0n) is 10.1. The summed E-state index contributed by atoms with van der Waals surface area (Å²) in [7, 11) is 3.22. The third-order valence-corrected chi connectivity index (χ3v) is 2.81. The lowest BCUT2D eigenvalue weighted by Crippen LogP contribution is -1.95. The molecule has 0 amide bonds. The number of ether oxygens (including phenoxy) is 2. The van der Waals surface area contributed by atoms with Crippen molar-refractivity contribution >= 4 is 27.4 Å². The number of methoxy groups -OCH3 is 2. The Bertz CT molecular complexity index is 546. The first-order valence-corrected chi connectivity index (χ1v) is 6.14. The normalized spacial score (nSPS) is 9.94. The van der Waals surface area contributed by atoms with Gasteiger partial charge in [0.05, 0.1) is 14.2 Å². The minimum atomic E-state index is 0.678. The van der Waals surface area contributed by atoms with Crippen molar-refractivity contribution in [2.75, 3.05) is 19.5 Å². The molecule has 1 heterocycles. The lowest BCUT2D eigenvalue weighted by atomic mass is 10.2. The maximum Gasteiger partial charge on any atom is 0.162 e. The molecule has 5 heteroatoms. The van der Waals surface area contributed by atoms with Gasteiger partial charge in [-0.25, -0.2) is 4.98 Å². The van der Waals surface area contributed by atoms with E-state index in [1.54, 1.807) is 14.2 Å². The maximum atomic E-state index is 5.24. The summed E-state index contributed by atoms with van der Waals surface area (Å²) in [4.78, 5) is 4.30. The predicted molar refractivity (Wildman–Crippen MR) is 74.8 cm³/mol. The molecule has 1 aromatic heterocycles. The van der Waals surface area contributed by atoms with E-state index < -0.39 is 0 Å². The molecule has 2 aromatic rings. The van der Waals surface area contributed by atoms with Crippen molar-refractivity contribution in [2.24, 2.45) is 0 Å². The van der Waals surface area contributed by atoms with Gasteiger partial charge in [-0.1, -0.05) is 6.07 Å². The molecule has 1 N–H and O–H groups in total. The number of rotatable bonds is 4. The van der Waals surface area contributed by atoms with Gasteiger partial charge in [0.2, 0.25) is 0 Å². The van der Waals surface area contributed by atoms with Crippen molar-refractivity contribution in [3.8, 4) is 11.5 Å². The highest BCUT2D eigenvalue weighted by Crippen LogP contribution is 2.30. The van der Waals surface area contributed by atoms with Crippen LogP contribution in [-0.4, -0.2) is 19.2 Å². The van der Waals surface area contributed by atoms with Crippen molar-refractivity contribution in [1.82, 2.24) is 4.98 Å². The molecule has 18 heavy (non-hydrogen) atoms. The molecule has 0 aliphatic carbocycles. The van der Waals surface area contributed by atoms with Gasteiger partial charge < -0.3 is 14.8 Å². The van der Waals surface area contributed by atoms with E-state index in [1.807, 2.05) is 36.4 Å². The third-order valence-electron chi connectivity index (χ3n) is 2.37. The zero-order chi connectivity index (χ0) is 13.0. The molecule has 94 valence electrons. The van der Waals surface area contributed by atoms with E-state index in [4.69, 9.17) is 9.47 Å². The van der Waals surface area contributed by atoms with Crippen LogP contribution in [0, 0.1) is 0 Å². The Balaban J connectivity index is 2.24. The molecular weight excluding hydrogens is 296 g/mol. The number of pyridine rings is 1. The van der Waals surface area contributed by atoms with Gasteiger partial charge in [-0.3, -0.25) is 0 Å². The van der Waals surface area contributed by atoms with Crippen molar-refractivity contribution in [3.05, 3.63) is 41.0 Å². The van der Waals surface area contributed by atoms with E-state index in [-0.39, 0.29) is 0 Å². The second kappa shape index (κ2) is 5.73. The fourth-order valence-corrected chi connectivity index (χ4v) is 1.88. The summed E-state index contributed by atoms with van der Waals surface area (Å²) in [6.45, 7) is 0. The molecule has 0 bridgehead atoms. The fourth-order valence-electron chi connectivity index (χ4n) is 1.54. The molecular formula is C13H13BrN2O2. The van der Waals surface area contributed by atoms with Crippen LogP contribution in [0.5, 0.6) is 11.5 Å². The molecule has 2 rings (SSSR count). The topological polar surface area (TPSA) is 43.4 Å². The summed E-state index contributed by atoms with van der Waals surface area (Å²) >= 11 is 3.33. The number of benzene rings is 1. The Labute approximate surface area is 114 Å². The molecule has 0 saturated heterocycles. The van der Waals surface area contributed by atoms with E-state index in [0.717, 1.165) is 16.1 Å². The molecule has 0 aliphatic heterocycles. The highest BCUT2D eigenvalue weighted by Gasteiger charge is 2.05. The lowest BCUT2D eigenvalue weighted by Gasteiger charge is -2.10. The second-order valence-electron chi connectivity index (χ2n) is 3.54. The van der Waals surface area contributed by atoms with Crippen LogP contribution in [0.2, 0.25) is 0 Å². The lowest BCUT2D eigenvalue weighted by molar-refractivity contribution is 0.355. The molecule has 0 atom stereocenters. The first-order chi connectivity index (χ1) is 8.72. The van der Waals surface area contributed by atoms with E-state index in [2.05, 4.69) is 26.2 Å². The smallest absolute Gasteiger partial charge is 0.162 e. The number of anilines is 2. The number of hydrogen-bond donors (Lipinski definition) is 1. The highest BCUT2D eigenvalue weighted by atomic mass is 79.9. The van der Waals surface area contributed by atoms with E-state index in [1.165, 1.54) is 0 Å². The summed E-state index contributed by atoms with van der Waals surface area (Å²) < 4.78 is 11.2. The zero-order valence-corrected chi connectivity index (χ0v) is 11.7. The summed E-state index contributed by atoms with van der Waals surface area (Å²) in [5, 5.41) is 3.19. The van der Waals surface area contributed by atoms with E-state index in [0.29, 0.717) is 11.5 Å². The second-order valence-corrected chi connectivity index (χ2v) is 4.35.